The minimum atomic E-state index is -4.30. The first-order chi connectivity index (χ1) is 7.93. The van der Waals surface area contributed by atoms with Crippen LogP contribution in [0.4, 0.5) is 13.2 Å². The van der Waals surface area contributed by atoms with Crippen molar-refractivity contribution in [2.75, 3.05) is 13.2 Å². The second kappa shape index (κ2) is 3.99. The molecule has 1 aromatic carbocycles. The molecule has 1 saturated carbocycles. The molecule has 1 fully saturated rings. The van der Waals surface area contributed by atoms with Gasteiger partial charge in [0.15, 0.2) is 0 Å². The SMILES string of the molecule is NC[C@]1(CO)C[C@H]1c1ccc(C(F)(F)F)cc1. The van der Waals surface area contributed by atoms with Crippen LogP contribution in [-0.4, -0.2) is 18.3 Å². The van der Waals surface area contributed by atoms with E-state index in [1.807, 2.05) is 0 Å². The first-order valence-corrected chi connectivity index (χ1v) is 5.41. The highest BCUT2D eigenvalue weighted by atomic mass is 19.4. The molecule has 1 aliphatic carbocycles. The number of hydrogen-bond acceptors (Lipinski definition) is 2. The van der Waals surface area contributed by atoms with Crippen LogP contribution in [0.15, 0.2) is 24.3 Å². The summed E-state index contributed by atoms with van der Waals surface area (Å²) in [4.78, 5) is 0. The fourth-order valence-electron chi connectivity index (χ4n) is 2.19. The smallest absolute Gasteiger partial charge is 0.396 e. The largest absolute Gasteiger partial charge is 0.416 e. The Morgan fingerprint density at radius 1 is 1.29 bits per heavy atom. The quantitative estimate of drug-likeness (QED) is 0.857. The van der Waals surface area contributed by atoms with Gasteiger partial charge in [0.1, 0.15) is 0 Å². The number of aliphatic hydroxyl groups is 1. The topological polar surface area (TPSA) is 46.2 Å². The summed E-state index contributed by atoms with van der Waals surface area (Å²) in [6, 6.07) is 5.10. The third-order valence-electron chi connectivity index (χ3n) is 3.55. The molecule has 1 aromatic rings. The molecule has 94 valence electrons. The molecule has 0 saturated heterocycles. The molecule has 0 spiro atoms. The molecule has 0 aliphatic heterocycles. The van der Waals surface area contributed by atoms with E-state index in [-0.39, 0.29) is 17.9 Å². The van der Waals surface area contributed by atoms with Crippen molar-refractivity contribution < 1.29 is 18.3 Å². The summed E-state index contributed by atoms with van der Waals surface area (Å²) in [6.45, 7) is 0.338. The fourth-order valence-corrected chi connectivity index (χ4v) is 2.19. The summed E-state index contributed by atoms with van der Waals surface area (Å²) < 4.78 is 37.1. The van der Waals surface area contributed by atoms with E-state index in [0.29, 0.717) is 6.54 Å². The number of benzene rings is 1. The number of hydrogen-bond donors (Lipinski definition) is 2. The normalized spacial score (nSPS) is 28.2. The Morgan fingerprint density at radius 2 is 1.88 bits per heavy atom. The molecule has 0 aromatic heterocycles. The van der Waals surface area contributed by atoms with Gasteiger partial charge in [-0.05, 0) is 30.0 Å². The minimum Gasteiger partial charge on any atom is -0.396 e. The fraction of sp³-hybridized carbons (Fsp3) is 0.500. The van der Waals surface area contributed by atoms with Crippen LogP contribution < -0.4 is 5.73 Å². The highest BCUT2D eigenvalue weighted by Crippen LogP contribution is 2.58. The van der Waals surface area contributed by atoms with Gasteiger partial charge >= 0.3 is 6.18 Å². The average molecular weight is 245 g/mol. The van der Waals surface area contributed by atoms with Crippen LogP contribution >= 0.6 is 0 Å². The Labute approximate surface area is 97.2 Å². The molecule has 1 aliphatic rings. The minimum absolute atomic E-state index is 0.0187. The van der Waals surface area contributed by atoms with Crippen molar-refractivity contribution in [2.45, 2.75) is 18.5 Å². The van der Waals surface area contributed by atoms with Crippen LogP contribution in [0.3, 0.4) is 0 Å². The van der Waals surface area contributed by atoms with E-state index in [2.05, 4.69) is 0 Å². The van der Waals surface area contributed by atoms with Gasteiger partial charge in [0.25, 0.3) is 0 Å². The molecular weight excluding hydrogens is 231 g/mol. The maximum atomic E-state index is 12.4. The molecule has 3 N–H and O–H groups in total. The second-order valence-corrected chi connectivity index (χ2v) is 4.60. The molecule has 0 amide bonds. The van der Waals surface area contributed by atoms with Gasteiger partial charge in [-0.25, -0.2) is 0 Å². The van der Waals surface area contributed by atoms with Gasteiger partial charge in [-0.15, -0.1) is 0 Å². The number of halogens is 3. The lowest BCUT2D eigenvalue weighted by atomic mass is 9.99. The second-order valence-electron chi connectivity index (χ2n) is 4.60. The molecule has 0 bridgehead atoms. The molecule has 2 rings (SSSR count). The van der Waals surface area contributed by atoms with Crippen molar-refractivity contribution in [1.29, 1.82) is 0 Å². The van der Waals surface area contributed by atoms with Crippen molar-refractivity contribution in [3.05, 3.63) is 35.4 Å². The van der Waals surface area contributed by atoms with Crippen molar-refractivity contribution in [1.82, 2.24) is 0 Å². The summed E-state index contributed by atoms with van der Waals surface area (Å²) in [6.07, 6.45) is -3.56. The molecular formula is C12H14F3NO. The van der Waals surface area contributed by atoms with E-state index >= 15 is 0 Å². The maximum Gasteiger partial charge on any atom is 0.416 e. The molecule has 0 radical (unpaired) electrons. The third kappa shape index (κ3) is 2.17. The number of rotatable bonds is 3. The molecule has 0 heterocycles. The van der Waals surface area contributed by atoms with E-state index in [1.165, 1.54) is 12.1 Å². The van der Waals surface area contributed by atoms with Crippen LogP contribution in [0.25, 0.3) is 0 Å². The summed E-state index contributed by atoms with van der Waals surface area (Å²) in [5.74, 6) is 0.0831. The Bertz CT molecular complexity index is 395. The zero-order valence-electron chi connectivity index (χ0n) is 9.17. The standard InChI is InChI=1S/C12H14F3NO/c13-12(14,15)9-3-1-8(2-4-9)10-5-11(10,6-16)7-17/h1-4,10,17H,5-7,16H2/t10-,11-/m0/s1. The van der Waals surface area contributed by atoms with Gasteiger partial charge in [-0.2, -0.15) is 13.2 Å². The zero-order valence-corrected chi connectivity index (χ0v) is 9.17. The average Bonchev–Trinajstić information content (AvgIpc) is 3.03. The maximum absolute atomic E-state index is 12.4. The molecule has 5 heteroatoms. The van der Waals surface area contributed by atoms with E-state index in [1.54, 1.807) is 0 Å². The molecule has 0 unspecified atom stereocenters. The Morgan fingerprint density at radius 3 is 2.24 bits per heavy atom. The highest BCUT2D eigenvalue weighted by molar-refractivity contribution is 5.33. The Balaban J connectivity index is 2.16. The zero-order chi connectivity index (χ0) is 12.7. The molecule has 2 atom stereocenters. The highest BCUT2D eigenvalue weighted by Gasteiger charge is 2.53. The van der Waals surface area contributed by atoms with E-state index in [4.69, 9.17) is 5.73 Å². The summed E-state index contributed by atoms with van der Waals surface area (Å²) in [5.41, 5.74) is 5.41. The van der Waals surface area contributed by atoms with Crippen molar-refractivity contribution in [3.8, 4) is 0 Å². The predicted octanol–water partition coefficient (Wildman–Crippen LogP) is 2.13. The van der Waals surface area contributed by atoms with Gasteiger partial charge in [0, 0.05) is 12.0 Å². The third-order valence-corrected chi connectivity index (χ3v) is 3.55. The van der Waals surface area contributed by atoms with Gasteiger partial charge in [0.2, 0.25) is 0 Å². The van der Waals surface area contributed by atoms with Crippen LogP contribution in [-0.2, 0) is 6.18 Å². The lowest BCUT2D eigenvalue weighted by Crippen LogP contribution is -2.21. The van der Waals surface area contributed by atoms with Gasteiger partial charge < -0.3 is 10.8 Å². The lowest BCUT2D eigenvalue weighted by Gasteiger charge is -2.12. The van der Waals surface area contributed by atoms with Crippen LogP contribution in [0, 0.1) is 5.41 Å². The van der Waals surface area contributed by atoms with Crippen molar-refractivity contribution in [3.63, 3.8) is 0 Å². The van der Waals surface area contributed by atoms with E-state index in [9.17, 15) is 18.3 Å². The van der Waals surface area contributed by atoms with Gasteiger partial charge in [-0.3, -0.25) is 0 Å². The van der Waals surface area contributed by atoms with Crippen LogP contribution in [0.2, 0.25) is 0 Å². The summed E-state index contributed by atoms with van der Waals surface area (Å²) >= 11 is 0. The van der Waals surface area contributed by atoms with E-state index < -0.39 is 11.7 Å². The number of nitrogens with two attached hydrogens (primary N) is 1. The number of alkyl halides is 3. The summed E-state index contributed by atoms with van der Waals surface area (Å²) in [5, 5.41) is 9.21. The predicted molar refractivity (Wildman–Crippen MR) is 57.4 cm³/mol. The van der Waals surface area contributed by atoms with E-state index in [0.717, 1.165) is 24.1 Å². The first-order valence-electron chi connectivity index (χ1n) is 5.41. The first kappa shape index (κ1) is 12.4. The van der Waals surface area contributed by atoms with Crippen molar-refractivity contribution in [2.24, 2.45) is 11.1 Å². The van der Waals surface area contributed by atoms with Crippen LogP contribution in [0.5, 0.6) is 0 Å². The lowest BCUT2D eigenvalue weighted by molar-refractivity contribution is -0.137. The monoisotopic (exact) mass is 245 g/mol. The Kier molecular flexibility index (Phi) is 2.91. The Hall–Kier alpha value is -1.07. The number of aliphatic hydroxyl groups excluding tert-OH is 1. The molecule has 17 heavy (non-hydrogen) atoms. The summed E-state index contributed by atoms with van der Waals surface area (Å²) in [7, 11) is 0. The van der Waals surface area contributed by atoms with Crippen molar-refractivity contribution >= 4 is 0 Å². The van der Waals surface area contributed by atoms with Gasteiger partial charge in [0.05, 0.1) is 12.2 Å². The van der Waals surface area contributed by atoms with Gasteiger partial charge in [-0.1, -0.05) is 12.1 Å². The molecule has 2 nitrogen and oxygen atoms in total. The van der Waals surface area contributed by atoms with Crippen LogP contribution in [0.1, 0.15) is 23.5 Å².